The average molecular weight is 341 g/mol. The molecule has 0 spiro atoms. The topological polar surface area (TPSA) is 41.6 Å². The Morgan fingerprint density at radius 2 is 2.15 bits per heavy atom. The van der Waals surface area contributed by atoms with Crippen LogP contribution in [0.4, 0.5) is 0 Å². The molecule has 0 unspecified atom stereocenters. The highest BCUT2D eigenvalue weighted by molar-refractivity contribution is 9.10. The average Bonchev–Trinajstić information content (AvgIpc) is 2.45. The second-order valence-electron chi connectivity index (χ2n) is 5.12. The molecular formula is C15H21BrN2O2. The van der Waals surface area contributed by atoms with Gasteiger partial charge in [0.1, 0.15) is 5.75 Å². The number of methoxy groups -OCH3 is 1. The molecule has 1 N–H and O–H groups in total. The minimum atomic E-state index is 0.178. The maximum atomic E-state index is 11.3. The molecule has 0 saturated carbocycles. The van der Waals surface area contributed by atoms with Crippen LogP contribution < -0.4 is 10.1 Å². The van der Waals surface area contributed by atoms with Crippen LogP contribution in [0.15, 0.2) is 22.7 Å². The number of rotatable bonds is 4. The second kappa shape index (κ2) is 7.09. The molecule has 1 fully saturated rings. The van der Waals surface area contributed by atoms with Crippen LogP contribution in [0.3, 0.4) is 0 Å². The number of amides is 1. The normalized spacial score (nSPS) is 16.2. The fourth-order valence-electron chi connectivity index (χ4n) is 2.54. The standard InChI is InChI=1S/C15H21BrN2O2/c1-11(19)18-7-5-14(6-8-18)17-10-12-9-13(16)3-4-15(12)20-2/h3-4,9,14,17H,5-8,10H2,1-2H3. The molecule has 1 aliphatic heterocycles. The maximum Gasteiger partial charge on any atom is 0.219 e. The van der Waals surface area contributed by atoms with E-state index in [2.05, 4.69) is 27.3 Å². The summed E-state index contributed by atoms with van der Waals surface area (Å²) in [6.07, 6.45) is 2.02. The highest BCUT2D eigenvalue weighted by Crippen LogP contribution is 2.23. The van der Waals surface area contributed by atoms with E-state index in [-0.39, 0.29) is 5.91 Å². The van der Waals surface area contributed by atoms with Crippen LogP contribution in [-0.2, 0) is 11.3 Å². The predicted molar refractivity (Wildman–Crippen MR) is 82.8 cm³/mol. The predicted octanol–water partition coefficient (Wildman–Crippen LogP) is 2.56. The number of benzene rings is 1. The van der Waals surface area contributed by atoms with Crippen molar-refractivity contribution < 1.29 is 9.53 Å². The monoisotopic (exact) mass is 340 g/mol. The lowest BCUT2D eigenvalue weighted by Gasteiger charge is -2.32. The number of halogens is 1. The molecule has 0 radical (unpaired) electrons. The van der Waals surface area contributed by atoms with Gasteiger partial charge in [-0.25, -0.2) is 0 Å². The molecule has 1 aliphatic rings. The van der Waals surface area contributed by atoms with E-state index >= 15 is 0 Å². The summed E-state index contributed by atoms with van der Waals surface area (Å²) in [7, 11) is 1.69. The largest absolute Gasteiger partial charge is 0.496 e. The fraction of sp³-hybridized carbons (Fsp3) is 0.533. The first-order valence-electron chi connectivity index (χ1n) is 6.91. The molecule has 1 aromatic rings. The number of nitrogens with zero attached hydrogens (tertiary/aromatic N) is 1. The van der Waals surface area contributed by atoms with Crippen LogP contribution >= 0.6 is 15.9 Å². The lowest BCUT2D eigenvalue weighted by molar-refractivity contribution is -0.129. The van der Waals surface area contributed by atoms with Gasteiger partial charge in [-0.2, -0.15) is 0 Å². The van der Waals surface area contributed by atoms with E-state index in [0.717, 1.165) is 48.3 Å². The number of nitrogens with one attached hydrogen (secondary N) is 1. The van der Waals surface area contributed by atoms with Crippen LogP contribution in [0.5, 0.6) is 5.75 Å². The Morgan fingerprint density at radius 1 is 1.45 bits per heavy atom. The van der Waals surface area contributed by atoms with Gasteiger partial charge in [0, 0.05) is 42.6 Å². The Kier molecular flexibility index (Phi) is 5.43. The summed E-state index contributed by atoms with van der Waals surface area (Å²) in [5.74, 6) is 1.08. The summed E-state index contributed by atoms with van der Waals surface area (Å²) in [5, 5.41) is 3.56. The quantitative estimate of drug-likeness (QED) is 0.915. The molecule has 1 amide bonds. The number of ether oxygens (including phenoxy) is 1. The third kappa shape index (κ3) is 3.96. The summed E-state index contributed by atoms with van der Waals surface area (Å²) in [6.45, 7) is 4.12. The van der Waals surface area contributed by atoms with Crippen molar-refractivity contribution in [3.63, 3.8) is 0 Å². The minimum Gasteiger partial charge on any atom is -0.496 e. The zero-order chi connectivity index (χ0) is 14.5. The van der Waals surface area contributed by atoms with Crippen LogP contribution in [0, 0.1) is 0 Å². The van der Waals surface area contributed by atoms with Gasteiger partial charge in [-0.15, -0.1) is 0 Å². The van der Waals surface area contributed by atoms with Gasteiger partial charge in [-0.05, 0) is 31.0 Å². The molecule has 0 aromatic heterocycles. The molecule has 2 rings (SSSR count). The van der Waals surface area contributed by atoms with Gasteiger partial charge >= 0.3 is 0 Å². The third-order valence-corrected chi connectivity index (χ3v) is 4.26. The molecular weight excluding hydrogens is 320 g/mol. The van der Waals surface area contributed by atoms with Gasteiger partial charge in [-0.3, -0.25) is 4.79 Å². The van der Waals surface area contributed by atoms with Gasteiger partial charge in [0.15, 0.2) is 0 Å². The van der Waals surface area contributed by atoms with Crippen molar-refractivity contribution in [1.29, 1.82) is 0 Å². The molecule has 5 heteroatoms. The van der Waals surface area contributed by atoms with Gasteiger partial charge in [-0.1, -0.05) is 15.9 Å². The van der Waals surface area contributed by atoms with Crippen molar-refractivity contribution in [2.45, 2.75) is 32.4 Å². The molecule has 1 heterocycles. The minimum absolute atomic E-state index is 0.178. The Balaban J connectivity index is 1.87. The summed E-state index contributed by atoms with van der Waals surface area (Å²) in [6, 6.07) is 6.50. The molecule has 1 saturated heterocycles. The highest BCUT2D eigenvalue weighted by atomic mass is 79.9. The lowest BCUT2D eigenvalue weighted by Crippen LogP contribution is -2.43. The van der Waals surface area contributed by atoms with E-state index < -0.39 is 0 Å². The fourth-order valence-corrected chi connectivity index (χ4v) is 2.95. The van der Waals surface area contributed by atoms with E-state index in [0.29, 0.717) is 6.04 Å². The van der Waals surface area contributed by atoms with Crippen LogP contribution in [0.2, 0.25) is 0 Å². The first kappa shape index (κ1) is 15.3. The van der Waals surface area contributed by atoms with Crippen molar-refractivity contribution >= 4 is 21.8 Å². The van der Waals surface area contributed by atoms with E-state index in [1.165, 1.54) is 0 Å². The molecule has 20 heavy (non-hydrogen) atoms. The summed E-state index contributed by atoms with van der Waals surface area (Å²) in [4.78, 5) is 13.2. The SMILES string of the molecule is COc1ccc(Br)cc1CNC1CCN(C(C)=O)CC1. The van der Waals surface area contributed by atoms with Crippen LogP contribution in [-0.4, -0.2) is 37.0 Å². The number of hydrogen-bond donors (Lipinski definition) is 1. The van der Waals surface area contributed by atoms with E-state index in [1.807, 2.05) is 17.0 Å². The first-order valence-corrected chi connectivity index (χ1v) is 7.70. The number of piperidine rings is 1. The molecule has 1 aromatic carbocycles. The Labute approximate surface area is 128 Å². The van der Waals surface area contributed by atoms with Crippen molar-refractivity contribution in [3.8, 4) is 5.75 Å². The van der Waals surface area contributed by atoms with E-state index in [1.54, 1.807) is 14.0 Å². The summed E-state index contributed by atoms with van der Waals surface area (Å²) in [5.41, 5.74) is 1.15. The lowest BCUT2D eigenvalue weighted by atomic mass is 10.0. The second-order valence-corrected chi connectivity index (χ2v) is 6.03. The van der Waals surface area contributed by atoms with Crippen LogP contribution in [0.25, 0.3) is 0 Å². The Hall–Kier alpha value is -1.07. The Morgan fingerprint density at radius 3 is 2.75 bits per heavy atom. The number of carbonyl (C=O) groups excluding carboxylic acids is 1. The van der Waals surface area contributed by atoms with E-state index in [9.17, 15) is 4.79 Å². The van der Waals surface area contributed by atoms with E-state index in [4.69, 9.17) is 4.74 Å². The van der Waals surface area contributed by atoms with Crippen molar-refractivity contribution in [2.75, 3.05) is 20.2 Å². The molecule has 0 atom stereocenters. The third-order valence-electron chi connectivity index (χ3n) is 3.76. The first-order chi connectivity index (χ1) is 9.60. The number of hydrogen-bond acceptors (Lipinski definition) is 3. The highest BCUT2D eigenvalue weighted by Gasteiger charge is 2.20. The van der Waals surface area contributed by atoms with Gasteiger partial charge < -0.3 is 15.0 Å². The van der Waals surface area contributed by atoms with Gasteiger partial charge in [0.25, 0.3) is 0 Å². The van der Waals surface area contributed by atoms with Crippen molar-refractivity contribution in [1.82, 2.24) is 10.2 Å². The molecule has 0 bridgehead atoms. The molecule has 4 nitrogen and oxygen atoms in total. The zero-order valence-electron chi connectivity index (χ0n) is 12.0. The smallest absolute Gasteiger partial charge is 0.219 e. The number of carbonyl (C=O) groups is 1. The van der Waals surface area contributed by atoms with Crippen molar-refractivity contribution in [3.05, 3.63) is 28.2 Å². The molecule has 0 aliphatic carbocycles. The number of likely N-dealkylation sites (tertiary alicyclic amines) is 1. The summed E-state index contributed by atoms with van der Waals surface area (Å²) < 4.78 is 6.43. The van der Waals surface area contributed by atoms with Crippen molar-refractivity contribution in [2.24, 2.45) is 0 Å². The Bertz CT molecular complexity index is 471. The summed E-state index contributed by atoms with van der Waals surface area (Å²) >= 11 is 3.49. The van der Waals surface area contributed by atoms with Crippen LogP contribution in [0.1, 0.15) is 25.3 Å². The maximum absolute atomic E-state index is 11.3. The molecule has 110 valence electrons. The van der Waals surface area contributed by atoms with Gasteiger partial charge in [0.05, 0.1) is 7.11 Å². The van der Waals surface area contributed by atoms with Gasteiger partial charge in [0.2, 0.25) is 5.91 Å². The zero-order valence-corrected chi connectivity index (χ0v) is 13.6.